The molecule has 0 radical (unpaired) electrons. The maximum Gasteiger partial charge on any atom is 0.260 e. The molecule has 0 aliphatic rings. The first-order chi connectivity index (χ1) is 17.1. The number of carbonyl (C=O) groups is 1. The van der Waals surface area contributed by atoms with Gasteiger partial charge >= 0.3 is 0 Å². The summed E-state index contributed by atoms with van der Waals surface area (Å²) in [5.74, 6) is -0.182. The van der Waals surface area contributed by atoms with Gasteiger partial charge in [-0.05, 0) is 74.8 Å². The summed E-state index contributed by atoms with van der Waals surface area (Å²) in [6.07, 6.45) is 1.72. The van der Waals surface area contributed by atoms with Gasteiger partial charge in [-0.15, -0.1) is 0 Å². The smallest absolute Gasteiger partial charge is 0.260 e. The first-order valence-electron chi connectivity index (χ1n) is 12.6. The molecule has 7 nitrogen and oxygen atoms in total. The number of likely N-dealkylation sites (N-methyl/N-ethyl adjacent to an activating group) is 1. The van der Waals surface area contributed by atoms with Crippen molar-refractivity contribution in [1.29, 1.82) is 0 Å². The quantitative estimate of drug-likeness (QED) is 0.317. The number of aryl methyl sites for hydroxylation is 2. The van der Waals surface area contributed by atoms with Gasteiger partial charge in [0.15, 0.2) is 5.13 Å². The van der Waals surface area contributed by atoms with Crippen molar-refractivity contribution in [2.45, 2.75) is 52.4 Å². The zero-order chi connectivity index (χ0) is 26.5. The number of unbranched alkanes of at least 4 members (excludes halogenated alkanes) is 1. The second-order valence-electron chi connectivity index (χ2n) is 9.11. The minimum atomic E-state index is -3.59. The molecule has 1 aromatic heterocycles. The fourth-order valence-electron chi connectivity index (χ4n) is 4.15. The predicted octanol–water partition coefficient (Wildman–Crippen LogP) is 5.32. The summed E-state index contributed by atoms with van der Waals surface area (Å²) in [5, 5.41) is 0.659. The highest BCUT2D eigenvalue weighted by molar-refractivity contribution is 7.89. The number of thiazole rings is 1. The molecule has 0 fully saturated rings. The van der Waals surface area contributed by atoms with E-state index in [1.165, 1.54) is 27.8 Å². The summed E-state index contributed by atoms with van der Waals surface area (Å²) in [6.45, 7) is 13.8. The molecule has 0 bridgehead atoms. The lowest BCUT2D eigenvalue weighted by Gasteiger charge is -2.25. The highest BCUT2D eigenvalue weighted by atomic mass is 32.2. The summed E-state index contributed by atoms with van der Waals surface area (Å²) >= 11 is 1.52. The molecule has 0 atom stereocenters. The molecule has 0 saturated heterocycles. The molecule has 9 heteroatoms. The van der Waals surface area contributed by atoms with Crippen LogP contribution >= 0.6 is 11.3 Å². The van der Waals surface area contributed by atoms with Gasteiger partial charge in [-0.2, -0.15) is 0 Å². The van der Waals surface area contributed by atoms with Crippen molar-refractivity contribution in [3.8, 4) is 0 Å². The Morgan fingerprint density at radius 2 is 1.64 bits per heavy atom. The second-order valence-corrected chi connectivity index (χ2v) is 12.2. The summed E-state index contributed by atoms with van der Waals surface area (Å²) in [4.78, 5) is 22.7. The molecule has 196 valence electrons. The molecule has 2 aromatic carbocycles. The average molecular weight is 531 g/mol. The van der Waals surface area contributed by atoms with Crippen LogP contribution in [0.15, 0.2) is 41.3 Å². The second kappa shape index (κ2) is 12.3. The van der Waals surface area contributed by atoms with E-state index in [1.807, 2.05) is 13.8 Å². The molecule has 3 rings (SSSR count). The van der Waals surface area contributed by atoms with Crippen LogP contribution in [-0.2, 0) is 10.0 Å². The van der Waals surface area contributed by atoms with Crippen molar-refractivity contribution in [3.05, 3.63) is 53.1 Å². The van der Waals surface area contributed by atoms with Crippen LogP contribution < -0.4 is 4.90 Å². The Balaban J connectivity index is 1.93. The largest absolute Gasteiger partial charge is 0.302 e. The van der Waals surface area contributed by atoms with Crippen LogP contribution in [0.2, 0.25) is 0 Å². The molecule has 36 heavy (non-hydrogen) atoms. The SMILES string of the molecule is CCCCN(C)S(=O)(=O)c1ccc(C(=O)N(CCN(CC)CC)c2nc3c(C)cc(C)cc3s2)cc1. The van der Waals surface area contributed by atoms with Crippen molar-refractivity contribution in [2.24, 2.45) is 0 Å². The molecule has 0 unspecified atom stereocenters. The Labute approximate surface area is 219 Å². The van der Waals surface area contributed by atoms with Crippen LogP contribution in [-0.4, -0.2) is 68.3 Å². The van der Waals surface area contributed by atoms with E-state index in [0.29, 0.717) is 23.8 Å². The van der Waals surface area contributed by atoms with Crippen molar-refractivity contribution in [2.75, 3.05) is 44.7 Å². The van der Waals surface area contributed by atoms with E-state index in [-0.39, 0.29) is 10.8 Å². The van der Waals surface area contributed by atoms with E-state index < -0.39 is 10.0 Å². The number of anilines is 1. The van der Waals surface area contributed by atoms with Crippen LogP contribution in [0.4, 0.5) is 5.13 Å². The van der Waals surface area contributed by atoms with Gasteiger partial charge in [0.2, 0.25) is 10.0 Å². The number of benzene rings is 2. The number of sulfonamides is 1. The van der Waals surface area contributed by atoms with E-state index in [0.717, 1.165) is 53.8 Å². The maximum absolute atomic E-state index is 13.7. The molecular formula is C27H38N4O3S2. The van der Waals surface area contributed by atoms with Crippen molar-refractivity contribution in [1.82, 2.24) is 14.2 Å². The van der Waals surface area contributed by atoms with Crippen LogP contribution in [0.25, 0.3) is 10.2 Å². The molecule has 0 spiro atoms. The first kappa shape index (κ1) is 28.2. The average Bonchev–Trinajstić information content (AvgIpc) is 3.29. The highest BCUT2D eigenvalue weighted by Crippen LogP contribution is 2.32. The summed E-state index contributed by atoms with van der Waals surface area (Å²) in [7, 11) is -2.00. The Bertz CT molecular complexity index is 1280. The van der Waals surface area contributed by atoms with Gasteiger partial charge in [-0.3, -0.25) is 9.69 Å². The highest BCUT2D eigenvalue weighted by Gasteiger charge is 2.24. The van der Waals surface area contributed by atoms with E-state index >= 15 is 0 Å². The third-order valence-corrected chi connectivity index (χ3v) is 9.36. The number of hydrogen-bond acceptors (Lipinski definition) is 6. The Hall–Kier alpha value is -2.33. The van der Waals surface area contributed by atoms with E-state index in [4.69, 9.17) is 4.98 Å². The maximum atomic E-state index is 13.7. The van der Waals surface area contributed by atoms with Crippen LogP contribution in [0, 0.1) is 13.8 Å². The van der Waals surface area contributed by atoms with Crippen molar-refractivity contribution in [3.63, 3.8) is 0 Å². The molecule has 3 aromatic rings. The standard InChI is InChI=1S/C27H38N4O3S2/c1-7-10-15-29(6)36(33,34)23-13-11-22(12-14-23)26(32)31(17-16-30(8-2)9-3)27-28-25-21(5)18-20(4)19-24(25)35-27/h11-14,18-19H,7-10,15-17H2,1-6H3. The van der Waals surface area contributed by atoms with Crippen LogP contribution in [0.3, 0.4) is 0 Å². The number of carbonyl (C=O) groups excluding carboxylic acids is 1. The molecule has 1 heterocycles. The molecular weight excluding hydrogens is 492 g/mol. The Kier molecular flexibility index (Phi) is 9.63. The third kappa shape index (κ3) is 6.32. The number of nitrogens with zero attached hydrogens (tertiary/aromatic N) is 4. The minimum absolute atomic E-state index is 0.182. The summed E-state index contributed by atoms with van der Waals surface area (Å²) < 4.78 is 28.2. The molecule has 0 N–H and O–H groups in total. The molecule has 0 aliphatic heterocycles. The third-order valence-electron chi connectivity index (χ3n) is 6.46. The van der Waals surface area contributed by atoms with E-state index in [1.54, 1.807) is 24.1 Å². The lowest BCUT2D eigenvalue weighted by atomic mass is 10.1. The van der Waals surface area contributed by atoms with Gasteiger partial charge in [0, 0.05) is 32.2 Å². The van der Waals surface area contributed by atoms with Crippen LogP contribution in [0.1, 0.15) is 55.1 Å². The first-order valence-corrected chi connectivity index (χ1v) is 14.9. The number of amides is 1. The lowest BCUT2D eigenvalue weighted by molar-refractivity contribution is 0.0983. The van der Waals surface area contributed by atoms with Gasteiger partial charge in [-0.1, -0.05) is 44.6 Å². The predicted molar refractivity (Wildman–Crippen MR) is 150 cm³/mol. The lowest BCUT2D eigenvalue weighted by Crippen LogP contribution is -2.38. The number of hydrogen-bond donors (Lipinski definition) is 0. The summed E-state index contributed by atoms with van der Waals surface area (Å²) in [6, 6.07) is 10.5. The van der Waals surface area contributed by atoms with Gasteiger partial charge in [0.1, 0.15) is 0 Å². The van der Waals surface area contributed by atoms with Crippen molar-refractivity contribution >= 4 is 42.6 Å². The normalized spacial score (nSPS) is 12.1. The molecule has 0 aliphatic carbocycles. The van der Waals surface area contributed by atoms with E-state index in [9.17, 15) is 13.2 Å². The monoisotopic (exact) mass is 530 g/mol. The zero-order valence-electron chi connectivity index (χ0n) is 22.2. The fourth-order valence-corrected chi connectivity index (χ4v) is 6.52. The van der Waals surface area contributed by atoms with Gasteiger partial charge in [0.25, 0.3) is 5.91 Å². The number of rotatable bonds is 12. The number of fused-ring (bicyclic) bond motifs is 1. The van der Waals surface area contributed by atoms with Gasteiger partial charge in [-0.25, -0.2) is 17.7 Å². The molecule has 1 amide bonds. The van der Waals surface area contributed by atoms with Gasteiger partial charge < -0.3 is 4.90 Å². The summed E-state index contributed by atoms with van der Waals surface area (Å²) in [5.41, 5.74) is 3.61. The minimum Gasteiger partial charge on any atom is -0.302 e. The van der Waals surface area contributed by atoms with Gasteiger partial charge in [0.05, 0.1) is 15.1 Å². The van der Waals surface area contributed by atoms with E-state index in [2.05, 4.69) is 37.8 Å². The Morgan fingerprint density at radius 3 is 2.25 bits per heavy atom. The topological polar surface area (TPSA) is 73.8 Å². The number of aromatic nitrogens is 1. The van der Waals surface area contributed by atoms with Crippen molar-refractivity contribution < 1.29 is 13.2 Å². The zero-order valence-corrected chi connectivity index (χ0v) is 23.9. The molecule has 0 saturated carbocycles. The van der Waals surface area contributed by atoms with Crippen LogP contribution in [0.5, 0.6) is 0 Å². The Morgan fingerprint density at radius 1 is 0.972 bits per heavy atom. The fraction of sp³-hybridized carbons (Fsp3) is 0.481.